The summed E-state index contributed by atoms with van der Waals surface area (Å²) in [7, 11) is 0. The topological polar surface area (TPSA) is 18.5 Å². The number of rotatable bonds is 1. The van der Waals surface area contributed by atoms with E-state index in [-0.39, 0.29) is 0 Å². The zero-order valence-electron chi connectivity index (χ0n) is 8.71. The summed E-state index contributed by atoms with van der Waals surface area (Å²) in [6.07, 6.45) is 4.17. The Hall–Kier alpha value is -0.0800. The molecule has 0 aromatic heterocycles. The molecule has 0 amide bonds. The molecule has 2 rings (SSSR count). The molecule has 0 bridgehead atoms. The van der Waals surface area contributed by atoms with Gasteiger partial charge in [0.1, 0.15) is 0 Å². The highest BCUT2D eigenvalue weighted by molar-refractivity contribution is 4.90. The van der Waals surface area contributed by atoms with Crippen molar-refractivity contribution in [3.8, 4) is 0 Å². The second-order valence-electron chi connectivity index (χ2n) is 4.91. The van der Waals surface area contributed by atoms with Crippen LogP contribution in [0, 0.1) is 11.3 Å². The largest absolute Gasteiger partial charge is 0.381 e. The van der Waals surface area contributed by atoms with E-state index in [9.17, 15) is 0 Å². The lowest BCUT2D eigenvalue weighted by Crippen LogP contribution is -2.30. The van der Waals surface area contributed by atoms with Crippen LogP contribution in [-0.2, 0) is 9.47 Å². The Bertz CT molecular complexity index is 171. The monoisotopic (exact) mass is 184 g/mol. The second kappa shape index (κ2) is 3.58. The molecule has 2 aliphatic heterocycles. The SMILES string of the molecule is CC(C)C1CC2(CCOCC2)CO1. The van der Waals surface area contributed by atoms with E-state index in [1.165, 1.54) is 19.3 Å². The van der Waals surface area contributed by atoms with E-state index < -0.39 is 0 Å². The molecule has 2 heterocycles. The average molecular weight is 184 g/mol. The molecule has 1 atom stereocenters. The van der Waals surface area contributed by atoms with Gasteiger partial charge in [0.25, 0.3) is 0 Å². The minimum absolute atomic E-state index is 0.479. The van der Waals surface area contributed by atoms with E-state index >= 15 is 0 Å². The molecule has 2 aliphatic rings. The number of hydrogen-bond acceptors (Lipinski definition) is 2. The van der Waals surface area contributed by atoms with Gasteiger partial charge in [0.05, 0.1) is 12.7 Å². The Labute approximate surface area is 80.6 Å². The summed E-state index contributed by atoms with van der Waals surface area (Å²) >= 11 is 0. The lowest BCUT2D eigenvalue weighted by atomic mass is 9.77. The first-order chi connectivity index (χ1) is 6.22. The third kappa shape index (κ3) is 1.89. The highest BCUT2D eigenvalue weighted by atomic mass is 16.5. The Balaban J connectivity index is 1.94. The predicted octanol–water partition coefficient (Wildman–Crippen LogP) is 2.23. The summed E-state index contributed by atoms with van der Waals surface area (Å²) in [4.78, 5) is 0. The van der Waals surface area contributed by atoms with Crippen LogP contribution in [0.3, 0.4) is 0 Å². The van der Waals surface area contributed by atoms with Crippen LogP contribution in [0.25, 0.3) is 0 Å². The van der Waals surface area contributed by atoms with Gasteiger partial charge in [0, 0.05) is 18.6 Å². The van der Waals surface area contributed by atoms with Gasteiger partial charge in [0.2, 0.25) is 0 Å². The van der Waals surface area contributed by atoms with Crippen molar-refractivity contribution in [2.75, 3.05) is 19.8 Å². The first-order valence-electron chi connectivity index (χ1n) is 5.41. The molecular formula is C11H20O2. The molecule has 0 radical (unpaired) electrons. The third-order valence-electron chi connectivity index (χ3n) is 3.53. The zero-order chi connectivity index (χ0) is 9.31. The van der Waals surface area contributed by atoms with E-state index in [4.69, 9.17) is 9.47 Å². The molecule has 0 saturated carbocycles. The van der Waals surface area contributed by atoms with Crippen LogP contribution in [0.2, 0.25) is 0 Å². The fourth-order valence-electron chi connectivity index (χ4n) is 2.41. The Morgan fingerprint density at radius 2 is 1.92 bits per heavy atom. The second-order valence-corrected chi connectivity index (χ2v) is 4.91. The summed E-state index contributed by atoms with van der Waals surface area (Å²) in [5, 5.41) is 0. The maximum atomic E-state index is 5.85. The minimum atomic E-state index is 0.479. The first-order valence-corrected chi connectivity index (χ1v) is 5.41. The Morgan fingerprint density at radius 3 is 2.46 bits per heavy atom. The van der Waals surface area contributed by atoms with Crippen molar-refractivity contribution in [2.45, 2.75) is 39.2 Å². The van der Waals surface area contributed by atoms with E-state index in [2.05, 4.69) is 13.8 Å². The number of hydrogen-bond donors (Lipinski definition) is 0. The molecule has 0 aromatic carbocycles. The van der Waals surface area contributed by atoms with Gasteiger partial charge in [-0.15, -0.1) is 0 Å². The van der Waals surface area contributed by atoms with Gasteiger partial charge in [-0.3, -0.25) is 0 Å². The van der Waals surface area contributed by atoms with Crippen molar-refractivity contribution in [3.63, 3.8) is 0 Å². The lowest BCUT2D eigenvalue weighted by molar-refractivity contribution is 0.00528. The van der Waals surface area contributed by atoms with Crippen LogP contribution in [0.1, 0.15) is 33.1 Å². The number of ether oxygens (including phenoxy) is 2. The van der Waals surface area contributed by atoms with Crippen molar-refractivity contribution in [3.05, 3.63) is 0 Å². The van der Waals surface area contributed by atoms with Crippen LogP contribution >= 0.6 is 0 Å². The first kappa shape index (κ1) is 9.47. The summed E-state index contributed by atoms with van der Waals surface area (Å²) < 4.78 is 11.2. The van der Waals surface area contributed by atoms with Crippen LogP contribution in [-0.4, -0.2) is 25.9 Å². The van der Waals surface area contributed by atoms with Crippen molar-refractivity contribution in [1.82, 2.24) is 0 Å². The van der Waals surface area contributed by atoms with Crippen molar-refractivity contribution < 1.29 is 9.47 Å². The summed E-state index contributed by atoms with van der Waals surface area (Å²) in [5.41, 5.74) is 0.479. The van der Waals surface area contributed by atoms with E-state index in [1.54, 1.807) is 0 Å². The maximum Gasteiger partial charge on any atom is 0.0604 e. The van der Waals surface area contributed by atoms with Crippen LogP contribution in [0.4, 0.5) is 0 Å². The maximum absolute atomic E-state index is 5.85. The van der Waals surface area contributed by atoms with E-state index in [0.29, 0.717) is 17.4 Å². The van der Waals surface area contributed by atoms with Crippen LogP contribution in [0.5, 0.6) is 0 Å². The fourth-order valence-corrected chi connectivity index (χ4v) is 2.41. The van der Waals surface area contributed by atoms with Crippen LogP contribution < -0.4 is 0 Å². The van der Waals surface area contributed by atoms with Gasteiger partial charge in [-0.25, -0.2) is 0 Å². The summed E-state index contributed by atoms with van der Waals surface area (Å²) in [5.74, 6) is 0.669. The Morgan fingerprint density at radius 1 is 1.23 bits per heavy atom. The Kier molecular flexibility index (Phi) is 2.61. The standard InChI is InChI=1S/C11H20O2/c1-9(2)10-7-11(8-13-10)3-5-12-6-4-11/h9-10H,3-8H2,1-2H3. The minimum Gasteiger partial charge on any atom is -0.381 e. The third-order valence-corrected chi connectivity index (χ3v) is 3.53. The average Bonchev–Trinajstić information content (AvgIpc) is 2.51. The molecule has 2 nitrogen and oxygen atoms in total. The van der Waals surface area contributed by atoms with Crippen molar-refractivity contribution >= 4 is 0 Å². The molecule has 2 heteroatoms. The lowest BCUT2D eigenvalue weighted by Gasteiger charge is -2.31. The van der Waals surface area contributed by atoms with Crippen LogP contribution in [0.15, 0.2) is 0 Å². The molecule has 0 N–H and O–H groups in total. The summed E-state index contributed by atoms with van der Waals surface area (Å²) in [6, 6.07) is 0. The van der Waals surface area contributed by atoms with Gasteiger partial charge < -0.3 is 9.47 Å². The van der Waals surface area contributed by atoms with Gasteiger partial charge in [-0.1, -0.05) is 13.8 Å². The van der Waals surface area contributed by atoms with Gasteiger partial charge in [-0.2, -0.15) is 0 Å². The highest BCUT2D eigenvalue weighted by Crippen LogP contribution is 2.42. The van der Waals surface area contributed by atoms with Crippen molar-refractivity contribution in [2.24, 2.45) is 11.3 Å². The molecule has 0 aromatic rings. The fraction of sp³-hybridized carbons (Fsp3) is 1.00. The molecule has 1 unspecified atom stereocenters. The van der Waals surface area contributed by atoms with Gasteiger partial charge in [-0.05, 0) is 25.2 Å². The molecular weight excluding hydrogens is 164 g/mol. The zero-order valence-corrected chi connectivity index (χ0v) is 8.71. The molecule has 0 aliphatic carbocycles. The quantitative estimate of drug-likeness (QED) is 0.622. The van der Waals surface area contributed by atoms with E-state index in [1.807, 2.05) is 0 Å². The molecule has 76 valence electrons. The van der Waals surface area contributed by atoms with E-state index in [0.717, 1.165) is 19.8 Å². The molecule has 1 spiro atoms. The molecule has 2 fully saturated rings. The summed E-state index contributed by atoms with van der Waals surface area (Å²) in [6.45, 7) is 7.35. The molecule has 13 heavy (non-hydrogen) atoms. The van der Waals surface area contributed by atoms with Crippen molar-refractivity contribution in [1.29, 1.82) is 0 Å². The van der Waals surface area contributed by atoms with Gasteiger partial charge >= 0.3 is 0 Å². The highest BCUT2D eigenvalue weighted by Gasteiger charge is 2.41. The van der Waals surface area contributed by atoms with Gasteiger partial charge in [0.15, 0.2) is 0 Å². The molecule has 2 saturated heterocycles. The predicted molar refractivity (Wildman–Crippen MR) is 51.7 cm³/mol. The smallest absolute Gasteiger partial charge is 0.0604 e. The normalized spacial score (nSPS) is 33.0.